The van der Waals surface area contributed by atoms with E-state index in [-0.39, 0.29) is 17.5 Å². The molecule has 1 N–H and O–H groups in total. The van der Waals surface area contributed by atoms with Gasteiger partial charge in [0.15, 0.2) is 0 Å². The molecular formula is C16H24FNO. The van der Waals surface area contributed by atoms with E-state index in [1.807, 2.05) is 13.1 Å². The highest BCUT2D eigenvalue weighted by atomic mass is 19.1. The molecule has 2 nitrogen and oxygen atoms in total. The smallest absolute Gasteiger partial charge is 0.123 e. The molecule has 1 saturated heterocycles. The number of likely N-dealkylation sites (N-methyl/N-ethyl adjacent to an activating group) is 1. The molecule has 3 heteroatoms. The SMILES string of the molecule is CNCC(CC1CCC(C)(C)O1)c1cccc(F)c1. The Morgan fingerprint density at radius 2 is 2.26 bits per heavy atom. The van der Waals surface area contributed by atoms with Gasteiger partial charge in [-0.2, -0.15) is 0 Å². The molecular weight excluding hydrogens is 241 g/mol. The Morgan fingerprint density at radius 1 is 1.47 bits per heavy atom. The summed E-state index contributed by atoms with van der Waals surface area (Å²) in [6, 6.07) is 6.93. The largest absolute Gasteiger partial charge is 0.372 e. The van der Waals surface area contributed by atoms with Crippen molar-refractivity contribution in [2.24, 2.45) is 0 Å². The van der Waals surface area contributed by atoms with Gasteiger partial charge < -0.3 is 10.1 Å². The number of hydrogen-bond acceptors (Lipinski definition) is 2. The maximum Gasteiger partial charge on any atom is 0.123 e. The minimum absolute atomic E-state index is 0.00318. The summed E-state index contributed by atoms with van der Waals surface area (Å²) in [6.07, 6.45) is 3.44. The van der Waals surface area contributed by atoms with Gasteiger partial charge in [0.2, 0.25) is 0 Å². The Hall–Kier alpha value is -0.930. The lowest BCUT2D eigenvalue weighted by Crippen LogP contribution is -2.24. The van der Waals surface area contributed by atoms with Crippen molar-refractivity contribution >= 4 is 0 Å². The molecule has 0 aliphatic carbocycles. The minimum Gasteiger partial charge on any atom is -0.372 e. The standard InChI is InChI=1S/C16H24FNO/c1-16(2)8-7-15(19-16)10-13(11-18-3)12-5-4-6-14(17)9-12/h4-6,9,13,15,18H,7-8,10-11H2,1-3H3. The maximum atomic E-state index is 13.4. The molecule has 0 amide bonds. The first-order valence-electron chi connectivity index (χ1n) is 7.08. The van der Waals surface area contributed by atoms with Gasteiger partial charge in [0.05, 0.1) is 11.7 Å². The van der Waals surface area contributed by atoms with Crippen LogP contribution in [0.4, 0.5) is 4.39 Å². The third kappa shape index (κ3) is 4.02. The molecule has 0 aromatic heterocycles. The number of halogens is 1. The van der Waals surface area contributed by atoms with Crippen LogP contribution in [0, 0.1) is 5.82 Å². The van der Waals surface area contributed by atoms with Crippen molar-refractivity contribution in [2.45, 2.75) is 50.7 Å². The van der Waals surface area contributed by atoms with Crippen molar-refractivity contribution in [1.29, 1.82) is 0 Å². The molecule has 1 aromatic rings. The van der Waals surface area contributed by atoms with E-state index in [9.17, 15) is 4.39 Å². The van der Waals surface area contributed by atoms with Crippen LogP contribution in [0.3, 0.4) is 0 Å². The summed E-state index contributed by atoms with van der Waals surface area (Å²) in [5.41, 5.74) is 1.05. The highest BCUT2D eigenvalue weighted by Crippen LogP contribution is 2.34. The Morgan fingerprint density at radius 3 is 2.84 bits per heavy atom. The van der Waals surface area contributed by atoms with Crippen LogP contribution in [-0.2, 0) is 4.74 Å². The summed E-state index contributed by atoms with van der Waals surface area (Å²) in [5, 5.41) is 3.20. The lowest BCUT2D eigenvalue weighted by Gasteiger charge is -2.23. The first-order chi connectivity index (χ1) is 9.00. The molecule has 19 heavy (non-hydrogen) atoms. The highest BCUT2D eigenvalue weighted by Gasteiger charge is 2.33. The second-order valence-electron chi connectivity index (χ2n) is 6.08. The third-order valence-corrected chi connectivity index (χ3v) is 3.87. The molecule has 1 aliphatic heterocycles. The summed E-state index contributed by atoms with van der Waals surface area (Å²) in [5.74, 6) is 0.144. The average Bonchev–Trinajstić information content (AvgIpc) is 2.68. The molecule has 106 valence electrons. The summed E-state index contributed by atoms with van der Waals surface area (Å²) < 4.78 is 19.4. The number of rotatable bonds is 5. The molecule has 0 saturated carbocycles. The fourth-order valence-corrected chi connectivity index (χ4v) is 2.91. The van der Waals surface area contributed by atoms with Crippen molar-refractivity contribution < 1.29 is 9.13 Å². The van der Waals surface area contributed by atoms with Gasteiger partial charge in [-0.15, -0.1) is 0 Å². The summed E-state index contributed by atoms with van der Waals surface area (Å²) in [7, 11) is 1.94. The molecule has 2 atom stereocenters. The lowest BCUT2D eigenvalue weighted by atomic mass is 9.92. The van der Waals surface area contributed by atoms with E-state index in [1.54, 1.807) is 12.1 Å². The molecule has 1 fully saturated rings. The fraction of sp³-hybridized carbons (Fsp3) is 0.625. The highest BCUT2D eigenvalue weighted by molar-refractivity contribution is 5.21. The van der Waals surface area contributed by atoms with Gasteiger partial charge in [-0.3, -0.25) is 0 Å². The normalized spacial score (nSPS) is 23.5. The van der Waals surface area contributed by atoms with E-state index in [0.717, 1.165) is 31.4 Å². The summed E-state index contributed by atoms with van der Waals surface area (Å²) in [6.45, 7) is 5.13. The van der Waals surface area contributed by atoms with Gasteiger partial charge >= 0.3 is 0 Å². The number of hydrogen-bond donors (Lipinski definition) is 1. The van der Waals surface area contributed by atoms with Gasteiger partial charge in [0.1, 0.15) is 5.82 Å². The van der Waals surface area contributed by atoms with Crippen molar-refractivity contribution in [3.63, 3.8) is 0 Å². The molecule has 0 radical (unpaired) electrons. The van der Waals surface area contributed by atoms with E-state index >= 15 is 0 Å². The van der Waals surface area contributed by atoms with Gasteiger partial charge in [0, 0.05) is 6.54 Å². The van der Waals surface area contributed by atoms with Crippen molar-refractivity contribution in [1.82, 2.24) is 5.32 Å². The van der Waals surface area contributed by atoms with Gasteiger partial charge in [-0.25, -0.2) is 4.39 Å². The Bertz CT molecular complexity index is 419. The van der Waals surface area contributed by atoms with E-state index in [1.165, 1.54) is 6.07 Å². The van der Waals surface area contributed by atoms with E-state index < -0.39 is 0 Å². The Balaban J connectivity index is 2.04. The van der Waals surface area contributed by atoms with Crippen LogP contribution in [0.1, 0.15) is 44.6 Å². The van der Waals surface area contributed by atoms with Crippen LogP contribution in [0.5, 0.6) is 0 Å². The van der Waals surface area contributed by atoms with Crippen LogP contribution < -0.4 is 5.32 Å². The number of nitrogens with one attached hydrogen (secondary N) is 1. The van der Waals surface area contributed by atoms with Crippen LogP contribution in [-0.4, -0.2) is 25.3 Å². The monoisotopic (exact) mass is 265 g/mol. The predicted molar refractivity (Wildman–Crippen MR) is 75.9 cm³/mol. The molecule has 2 unspecified atom stereocenters. The lowest BCUT2D eigenvalue weighted by molar-refractivity contribution is -0.0208. The van der Waals surface area contributed by atoms with Gasteiger partial charge in [0.25, 0.3) is 0 Å². The molecule has 0 spiro atoms. The maximum absolute atomic E-state index is 13.4. The molecule has 1 aliphatic rings. The molecule has 1 heterocycles. The quantitative estimate of drug-likeness (QED) is 0.880. The van der Waals surface area contributed by atoms with Crippen LogP contribution in [0.15, 0.2) is 24.3 Å². The minimum atomic E-state index is -0.161. The van der Waals surface area contributed by atoms with E-state index in [0.29, 0.717) is 5.92 Å². The van der Waals surface area contributed by atoms with E-state index in [2.05, 4.69) is 19.2 Å². The summed E-state index contributed by atoms with van der Waals surface area (Å²) in [4.78, 5) is 0. The first-order valence-corrected chi connectivity index (χ1v) is 7.08. The average molecular weight is 265 g/mol. The number of ether oxygens (including phenoxy) is 1. The van der Waals surface area contributed by atoms with E-state index in [4.69, 9.17) is 4.74 Å². The zero-order valence-electron chi connectivity index (χ0n) is 12.1. The number of benzene rings is 1. The van der Waals surface area contributed by atoms with Crippen LogP contribution >= 0.6 is 0 Å². The Labute approximate surface area is 115 Å². The Kier molecular flexibility index (Phi) is 4.58. The summed E-state index contributed by atoms with van der Waals surface area (Å²) >= 11 is 0. The molecule has 0 bridgehead atoms. The van der Waals surface area contributed by atoms with Crippen molar-refractivity contribution in [2.75, 3.05) is 13.6 Å². The zero-order valence-corrected chi connectivity index (χ0v) is 12.1. The second kappa shape index (κ2) is 6.02. The van der Waals surface area contributed by atoms with Crippen LogP contribution in [0.25, 0.3) is 0 Å². The first kappa shape index (κ1) is 14.5. The topological polar surface area (TPSA) is 21.3 Å². The third-order valence-electron chi connectivity index (χ3n) is 3.87. The second-order valence-corrected chi connectivity index (χ2v) is 6.08. The van der Waals surface area contributed by atoms with Gasteiger partial charge in [-0.1, -0.05) is 12.1 Å². The van der Waals surface area contributed by atoms with Crippen LogP contribution in [0.2, 0.25) is 0 Å². The van der Waals surface area contributed by atoms with Crippen molar-refractivity contribution in [3.05, 3.63) is 35.6 Å². The molecule has 2 rings (SSSR count). The zero-order chi connectivity index (χ0) is 13.9. The fourth-order valence-electron chi connectivity index (χ4n) is 2.91. The molecule has 1 aromatic carbocycles. The predicted octanol–water partition coefficient (Wildman–Crippen LogP) is 3.48. The van der Waals surface area contributed by atoms with Gasteiger partial charge in [-0.05, 0) is 63.8 Å². The van der Waals surface area contributed by atoms with Crippen molar-refractivity contribution in [3.8, 4) is 0 Å².